The summed E-state index contributed by atoms with van der Waals surface area (Å²) in [5.41, 5.74) is 1.69. The number of benzene rings is 1. The van der Waals surface area contributed by atoms with Crippen LogP contribution in [0, 0.1) is 5.92 Å². The lowest BCUT2D eigenvalue weighted by Crippen LogP contribution is -2.57. The fourth-order valence-electron chi connectivity index (χ4n) is 5.55. The molecule has 0 fully saturated rings. The molecule has 5 N–H and O–H groups in total. The molecule has 0 saturated carbocycles. The van der Waals surface area contributed by atoms with Crippen molar-refractivity contribution < 1.29 is 38.3 Å². The highest BCUT2D eigenvalue weighted by Gasteiger charge is 2.30. The Hall–Kier alpha value is -4.17. The summed E-state index contributed by atoms with van der Waals surface area (Å²) < 4.78 is 16.8. The second kappa shape index (κ2) is 20.5. The molecule has 50 heavy (non-hydrogen) atoms. The number of aryl methyl sites for hydroxylation is 1. The Kier molecular flexibility index (Phi) is 16.5. The van der Waals surface area contributed by atoms with Gasteiger partial charge in [-0.2, -0.15) is 0 Å². The van der Waals surface area contributed by atoms with Crippen LogP contribution >= 0.6 is 0 Å². The molecule has 0 spiro atoms. The molecular weight excluding hydrogens is 644 g/mol. The van der Waals surface area contributed by atoms with Crippen LogP contribution in [-0.2, 0) is 32.1 Å². The van der Waals surface area contributed by atoms with E-state index in [9.17, 15) is 24.3 Å². The van der Waals surface area contributed by atoms with Gasteiger partial charge in [0.05, 0.1) is 25.5 Å². The van der Waals surface area contributed by atoms with Gasteiger partial charge in [0.25, 0.3) is 5.91 Å². The highest BCUT2D eigenvalue weighted by molar-refractivity contribution is 5.92. The molecule has 278 valence electrons. The van der Waals surface area contributed by atoms with Crippen LogP contribution in [0.2, 0.25) is 0 Å². The zero-order valence-corrected chi connectivity index (χ0v) is 30.4. The standard InChI is InChI=1S/C36H56N6O8/c1-23(2)18-29-35(46)40-34(25(5)43)36(47)38-14-7-8-16-42(21-27-20-28(24(3)4)41-50-27)17-9-15-37-33(45)22-49-30-12-10-26(19-31(30)48-6)11-13-32(44)39-29/h10,12,19-20,23-25,29,34,43H,7-9,11,13-18,21-22H2,1-6H3,(H,37,45)(H,38,47)(H,39,44)(H,40,46)/t25-,29-,34+/m1/s1. The Morgan fingerprint density at radius 2 is 1.66 bits per heavy atom. The Bertz CT molecular complexity index is 1390. The zero-order chi connectivity index (χ0) is 36.6. The normalized spacial score (nSPS) is 20.8. The summed E-state index contributed by atoms with van der Waals surface area (Å²) in [5.74, 6) is 0.273. The van der Waals surface area contributed by atoms with Crippen molar-refractivity contribution in [2.24, 2.45) is 5.92 Å². The number of nitrogens with one attached hydrogen (secondary N) is 4. The maximum absolute atomic E-state index is 13.4. The Balaban J connectivity index is 1.76. The van der Waals surface area contributed by atoms with Gasteiger partial charge in [-0.25, -0.2) is 0 Å². The van der Waals surface area contributed by atoms with E-state index in [0.29, 0.717) is 69.9 Å². The lowest BCUT2D eigenvalue weighted by molar-refractivity contribution is -0.134. The zero-order valence-electron chi connectivity index (χ0n) is 30.4. The first-order chi connectivity index (χ1) is 23.9. The first-order valence-electron chi connectivity index (χ1n) is 17.7. The first-order valence-corrected chi connectivity index (χ1v) is 17.7. The number of rotatable bonds is 7. The molecule has 14 nitrogen and oxygen atoms in total. The quantitative estimate of drug-likeness (QED) is 0.269. The lowest BCUT2D eigenvalue weighted by atomic mass is 10.0. The van der Waals surface area contributed by atoms with E-state index < -0.39 is 30.0 Å². The van der Waals surface area contributed by atoms with Crippen molar-refractivity contribution in [3.63, 3.8) is 0 Å². The van der Waals surface area contributed by atoms with E-state index in [1.54, 1.807) is 18.2 Å². The molecule has 0 aliphatic carbocycles. The molecule has 0 unspecified atom stereocenters. The van der Waals surface area contributed by atoms with E-state index in [4.69, 9.17) is 14.0 Å². The van der Waals surface area contributed by atoms with Gasteiger partial charge in [-0.3, -0.25) is 24.1 Å². The van der Waals surface area contributed by atoms with Crippen LogP contribution in [0.5, 0.6) is 11.5 Å². The number of fused-ring (bicyclic) bond motifs is 23. The van der Waals surface area contributed by atoms with Crippen molar-refractivity contribution in [3.05, 3.63) is 41.3 Å². The number of aromatic nitrogens is 1. The van der Waals surface area contributed by atoms with Gasteiger partial charge in [0.2, 0.25) is 17.7 Å². The minimum atomic E-state index is -1.19. The second-order valence-corrected chi connectivity index (χ2v) is 13.6. The first kappa shape index (κ1) is 40.3. The average Bonchev–Trinajstić information content (AvgIpc) is 3.54. The Morgan fingerprint density at radius 3 is 2.34 bits per heavy atom. The summed E-state index contributed by atoms with van der Waals surface area (Å²) in [6.07, 6.45) is 1.75. The fourth-order valence-corrected chi connectivity index (χ4v) is 5.55. The number of hydrogen-bond donors (Lipinski definition) is 5. The molecule has 3 heterocycles. The third-order valence-corrected chi connectivity index (χ3v) is 8.37. The summed E-state index contributed by atoms with van der Waals surface area (Å²) in [7, 11) is 1.50. The number of amides is 4. The van der Waals surface area contributed by atoms with Gasteiger partial charge in [-0.1, -0.05) is 38.9 Å². The molecule has 2 aliphatic heterocycles. The van der Waals surface area contributed by atoms with Crippen molar-refractivity contribution in [2.75, 3.05) is 39.9 Å². The number of aliphatic hydroxyl groups excluding tert-OH is 1. The number of ether oxygens (including phenoxy) is 2. The monoisotopic (exact) mass is 700 g/mol. The Labute approximate surface area is 295 Å². The molecule has 2 bridgehead atoms. The lowest BCUT2D eigenvalue weighted by Gasteiger charge is -2.26. The second-order valence-electron chi connectivity index (χ2n) is 13.6. The molecule has 4 amide bonds. The van der Waals surface area contributed by atoms with Crippen molar-refractivity contribution in [2.45, 2.75) is 104 Å². The van der Waals surface area contributed by atoms with Gasteiger partial charge in [0.15, 0.2) is 23.9 Å². The van der Waals surface area contributed by atoms with Gasteiger partial charge in [-0.05, 0) is 75.1 Å². The molecule has 1 aromatic heterocycles. The van der Waals surface area contributed by atoms with Gasteiger partial charge in [0, 0.05) is 32.1 Å². The minimum Gasteiger partial charge on any atom is -0.493 e. The van der Waals surface area contributed by atoms with Crippen molar-refractivity contribution in [1.29, 1.82) is 0 Å². The molecular formula is C36H56N6O8. The third kappa shape index (κ3) is 13.6. The summed E-state index contributed by atoms with van der Waals surface area (Å²) in [6.45, 7) is 12.0. The SMILES string of the molecule is COc1cc2ccc1OCC(=O)NCCCN(Cc1cc(C(C)C)no1)CCCCNC(=O)[C@H]([C@@H](C)O)NC(=O)[C@@H](CC(C)C)NC(=O)CC2. The van der Waals surface area contributed by atoms with Crippen LogP contribution in [0.25, 0.3) is 0 Å². The average molecular weight is 701 g/mol. The summed E-state index contributed by atoms with van der Waals surface area (Å²) in [5, 5.41) is 25.8. The van der Waals surface area contributed by atoms with Gasteiger partial charge < -0.3 is 40.4 Å². The molecule has 0 saturated heterocycles. The van der Waals surface area contributed by atoms with Crippen LogP contribution in [0.3, 0.4) is 0 Å². The van der Waals surface area contributed by atoms with Crippen LogP contribution < -0.4 is 30.7 Å². The number of carbonyl (C=O) groups excluding carboxylic acids is 4. The van der Waals surface area contributed by atoms with Crippen LogP contribution in [0.15, 0.2) is 28.8 Å². The smallest absolute Gasteiger partial charge is 0.257 e. The van der Waals surface area contributed by atoms with E-state index in [1.807, 2.05) is 19.9 Å². The molecule has 3 atom stereocenters. The number of nitrogens with zero attached hydrogens (tertiary/aromatic N) is 2. The highest BCUT2D eigenvalue weighted by Crippen LogP contribution is 2.28. The molecule has 0 radical (unpaired) electrons. The van der Waals surface area contributed by atoms with Crippen LogP contribution in [0.4, 0.5) is 0 Å². The predicted octanol–water partition coefficient (Wildman–Crippen LogP) is 2.43. The fraction of sp³-hybridized carbons (Fsp3) is 0.639. The van der Waals surface area contributed by atoms with Crippen molar-refractivity contribution in [1.82, 2.24) is 31.3 Å². The topological polar surface area (TPSA) is 184 Å². The third-order valence-electron chi connectivity index (χ3n) is 8.37. The molecule has 14 heteroatoms. The molecule has 1 aromatic carbocycles. The number of hydrogen-bond acceptors (Lipinski definition) is 10. The summed E-state index contributed by atoms with van der Waals surface area (Å²) in [6, 6.07) is 5.13. The largest absolute Gasteiger partial charge is 0.493 e. The summed E-state index contributed by atoms with van der Waals surface area (Å²) >= 11 is 0. The minimum absolute atomic E-state index is 0.0740. The number of carbonyl (C=O) groups is 4. The molecule has 2 aromatic rings. The van der Waals surface area contributed by atoms with E-state index in [2.05, 4.69) is 45.2 Å². The van der Waals surface area contributed by atoms with Gasteiger partial charge in [0.1, 0.15) is 12.1 Å². The Morgan fingerprint density at radius 1 is 0.920 bits per heavy atom. The highest BCUT2D eigenvalue weighted by atomic mass is 16.5. The number of aliphatic hydroxyl groups is 1. The molecule has 4 rings (SSSR count). The van der Waals surface area contributed by atoms with Gasteiger partial charge >= 0.3 is 0 Å². The van der Waals surface area contributed by atoms with Crippen LogP contribution in [0.1, 0.15) is 89.7 Å². The van der Waals surface area contributed by atoms with Crippen molar-refractivity contribution in [3.8, 4) is 11.5 Å². The van der Waals surface area contributed by atoms with Crippen molar-refractivity contribution >= 4 is 23.6 Å². The summed E-state index contributed by atoms with van der Waals surface area (Å²) in [4.78, 5) is 54.2. The van der Waals surface area contributed by atoms with E-state index in [1.165, 1.54) is 14.0 Å². The van der Waals surface area contributed by atoms with Crippen LogP contribution in [-0.4, -0.2) is 96.9 Å². The van der Waals surface area contributed by atoms with E-state index >= 15 is 0 Å². The van der Waals surface area contributed by atoms with E-state index in [0.717, 1.165) is 23.4 Å². The van der Waals surface area contributed by atoms with Gasteiger partial charge in [-0.15, -0.1) is 0 Å². The van der Waals surface area contributed by atoms with E-state index in [-0.39, 0.29) is 36.7 Å². The predicted molar refractivity (Wildman–Crippen MR) is 188 cm³/mol. The maximum Gasteiger partial charge on any atom is 0.257 e. The molecule has 2 aliphatic rings. The maximum atomic E-state index is 13.4. The number of methoxy groups -OCH3 is 1.